The first-order valence-corrected chi connectivity index (χ1v) is 2.42. The molecule has 0 radical (unpaired) electrons. The number of nitrogens with zero attached hydrogens (tertiary/aromatic N) is 2. The summed E-state index contributed by atoms with van der Waals surface area (Å²) >= 11 is 0. The monoisotopic (exact) mass is 154 g/mol. The fraction of sp³-hybridized carbons (Fsp3) is 0.200. The highest BCUT2D eigenvalue weighted by Crippen LogP contribution is 1.86. The first-order chi connectivity index (χ1) is 5.20. The summed E-state index contributed by atoms with van der Waals surface area (Å²) in [5.41, 5.74) is 0. The molecule has 0 aromatic heterocycles. The molecule has 0 atom stereocenters. The lowest BCUT2D eigenvalue weighted by molar-refractivity contribution is -0.125. The SMILES string of the molecule is O=C=NC(=O)CC(=O)N=C=O. The smallest absolute Gasteiger partial charge is 0.265 e. The molecule has 0 unspecified atom stereocenters. The number of rotatable bonds is 2. The highest BCUT2D eigenvalue weighted by Gasteiger charge is 2.05. The van der Waals surface area contributed by atoms with Gasteiger partial charge >= 0.3 is 0 Å². The second-order valence-corrected chi connectivity index (χ2v) is 1.37. The molecule has 0 fully saturated rings. The quantitative estimate of drug-likeness (QED) is 0.292. The molecule has 0 bridgehead atoms. The van der Waals surface area contributed by atoms with Crippen molar-refractivity contribution in [3.63, 3.8) is 0 Å². The average Bonchev–Trinajstić information content (AvgIpc) is 1.87. The summed E-state index contributed by atoms with van der Waals surface area (Å²) in [6.07, 6.45) is 1.19. The average molecular weight is 154 g/mol. The molecule has 0 saturated heterocycles. The van der Waals surface area contributed by atoms with Crippen molar-refractivity contribution in [3.05, 3.63) is 0 Å². The van der Waals surface area contributed by atoms with E-state index in [2.05, 4.69) is 9.98 Å². The highest BCUT2D eigenvalue weighted by molar-refractivity contribution is 6.00. The maximum atomic E-state index is 10.3. The maximum absolute atomic E-state index is 10.3. The zero-order chi connectivity index (χ0) is 8.69. The first kappa shape index (κ1) is 9.10. The summed E-state index contributed by atoms with van der Waals surface area (Å²) in [6.45, 7) is 0. The van der Waals surface area contributed by atoms with Gasteiger partial charge in [-0.3, -0.25) is 9.59 Å². The van der Waals surface area contributed by atoms with Gasteiger partial charge in [0, 0.05) is 0 Å². The summed E-state index contributed by atoms with van der Waals surface area (Å²) in [7, 11) is 0. The van der Waals surface area contributed by atoms with Crippen LogP contribution in [0.4, 0.5) is 0 Å². The predicted molar refractivity (Wildman–Crippen MR) is 30.9 cm³/mol. The maximum Gasteiger partial charge on any atom is 0.265 e. The van der Waals surface area contributed by atoms with Crippen molar-refractivity contribution in [2.45, 2.75) is 6.42 Å². The van der Waals surface area contributed by atoms with Crippen LogP contribution in [-0.4, -0.2) is 24.0 Å². The van der Waals surface area contributed by atoms with E-state index >= 15 is 0 Å². The van der Waals surface area contributed by atoms with E-state index in [-0.39, 0.29) is 0 Å². The molecule has 56 valence electrons. The van der Waals surface area contributed by atoms with Crippen LogP contribution < -0.4 is 0 Å². The van der Waals surface area contributed by atoms with E-state index in [4.69, 9.17) is 0 Å². The molecule has 0 spiro atoms. The summed E-state index contributed by atoms with van der Waals surface area (Å²) in [4.78, 5) is 44.6. The Morgan fingerprint density at radius 2 is 1.36 bits per heavy atom. The summed E-state index contributed by atoms with van der Waals surface area (Å²) in [5.74, 6) is -1.96. The molecule has 0 heterocycles. The van der Waals surface area contributed by atoms with Crippen LogP contribution in [0.25, 0.3) is 0 Å². The molecule has 2 amide bonds. The Bertz CT molecular complexity index is 242. The number of hydrogen-bond donors (Lipinski definition) is 0. The summed E-state index contributed by atoms with van der Waals surface area (Å²) in [6, 6.07) is 0. The Kier molecular flexibility index (Phi) is 4.08. The van der Waals surface area contributed by atoms with Gasteiger partial charge in [0.25, 0.3) is 11.8 Å². The van der Waals surface area contributed by atoms with E-state index in [9.17, 15) is 19.2 Å². The standard InChI is InChI=1S/C5H2N2O4/c8-2-6-4(10)1-5(11)7-3-9/h1H2. The third-order valence-electron chi connectivity index (χ3n) is 0.643. The molecule has 0 rings (SSSR count). The van der Waals surface area contributed by atoms with Gasteiger partial charge < -0.3 is 0 Å². The second-order valence-electron chi connectivity index (χ2n) is 1.37. The Labute approximate surface area is 60.6 Å². The highest BCUT2D eigenvalue weighted by atomic mass is 16.2. The first-order valence-electron chi connectivity index (χ1n) is 2.42. The van der Waals surface area contributed by atoms with Crippen LogP contribution in [0.15, 0.2) is 9.98 Å². The normalized spacial score (nSPS) is 7.27. The van der Waals surface area contributed by atoms with Gasteiger partial charge in [-0.15, -0.1) is 9.98 Å². The van der Waals surface area contributed by atoms with Gasteiger partial charge in [0.15, 0.2) is 0 Å². The molecule has 0 aliphatic heterocycles. The van der Waals surface area contributed by atoms with Gasteiger partial charge in [0.2, 0.25) is 12.2 Å². The number of isocyanates is 2. The van der Waals surface area contributed by atoms with Crippen molar-refractivity contribution in [1.82, 2.24) is 0 Å². The van der Waals surface area contributed by atoms with Crippen LogP contribution in [-0.2, 0) is 19.2 Å². The van der Waals surface area contributed by atoms with Crippen LogP contribution in [0.3, 0.4) is 0 Å². The molecule has 0 aromatic rings. The molecule has 0 aliphatic rings. The molecule has 0 aromatic carbocycles. The molecule has 6 heteroatoms. The van der Waals surface area contributed by atoms with Crippen molar-refractivity contribution >= 4 is 24.0 Å². The predicted octanol–water partition coefficient (Wildman–Crippen LogP) is -0.899. The summed E-state index contributed by atoms with van der Waals surface area (Å²) < 4.78 is 0. The van der Waals surface area contributed by atoms with Gasteiger partial charge in [0.1, 0.15) is 6.42 Å². The zero-order valence-corrected chi connectivity index (χ0v) is 5.23. The van der Waals surface area contributed by atoms with E-state index in [1.165, 1.54) is 0 Å². The summed E-state index contributed by atoms with van der Waals surface area (Å²) in [5, 5.41) is 0. The lowest BCUT2D eigenvalue weighted by Gasteiger charge is -1.81. The van der Waals surface area contributed by atoms with Crippen molar-refractivity contribution < 1.29 is 19.2 Å². The second kappa shape index (κ2) is 4.93. The number of carbonyl (C=O) groups excluding carboxylic acids is 4. The lowest BCUT2D eigenvalue weighted by atomic mass is 10.4. The molecule has 0 aliphatic carbocycles. The minimum Gasteiger partial charge on any atom is -0.271 e. The van der Waals surface area contributed by atoms with Crippen molar-refractivity contribution in [2.24, 2.45) is 9.98 Å². The van der Waals surface area contributed by atoms with Gasteiger partial charge in [-0.05, 0) is 0 Å². The van der Waals surface area contributed by atoms with Crippen LogP contribution in [0.5, 0.6) is 0 Å². The van der Waals surface area contributed by atoms with Gasteiger partial charge in [0.05, 0.1) is 0 Å². The molecule has 0 N–H and O–H groups in total. The van der Waals surface area contributed by atoms with Gasteiger partial charge in [-0.25, -0.2) is 9.59 Å². The van der Waals surface area contributed by atoms with Crippen LogP contribution >= 0.6 is 0 Å². The third-order valence-corrected chi connectivity index (χ3v) is 0.643. The van der Waals surface area contributed by atoms with Crippen LogP contribution in [0, 0.1) is 0 Å². The lowest BCUT2D eigenvalue weighted by Crippen LogP contribution is -2.01. The fourth-order valence-corrected chi connectivity index (χ4v) is 0.310. The third kappa shape index (κ3) is 4.59. The molecule has 11 heavy (non-hydrogen) atoms. The molecule has 6 nitrogen and oxygen atoms in total. The van der Waals surface area contributed by atoms with E-state index in [1.54, 1.807) is 0 Å². The number of aliphatic imine (C=N–C) groups is 2. The van der Waals surface area contributed by atoms with Crippen molar-refractivity contribution in [2.75, 3.05) is 0 Å². The van der Waals surface area contributed by atoms with Crippen LogP contribution in [0.1, 0.15) is 6.42 Å². The molecular formula is C5H2N2O4. The van der Waals surface area contributed by atoms with Crippen molar-refractivity contribution in [1.29, 1.82) is 0 Å². The number of amides is 2. The van der Waals surface area contributed by atoms with E-state index in [1.807, 2.05) is 0 Å². The zero-order valence-electron chi connectivity index (χ0n) is 5.23. The Balaban J connectivity index is 4.05. The molecular weight excluding hydrogens is 152 g/mol. The minimum atomic E-state index is -0.982. The Morgan fingerprint density at radius 1 is 1.00 bits per heavy atom. The molecule has 0 saturated carbocycles. The van der Waals surface area contributed by atoms with Crippen LogP contribution in [0.2, 0.25) is 0 Å². The van der Waals surface area contributed by atoms with Gasteiger partial charge in [-0.1, -0.05) is 0 Å². The topological polar surface area (TPSA) is 93.0 Å². The van der Waals surface area contributed by atoms with Gasteiger partial charge in [-0.2, -0.15) is 0 Å². The largest absolute Gasteiger partial charge is 0.271 e. The Morgan fingerprint density at radius 3 is 1.64 bits per heavy atom. The van der Waals surface area contributed by atoms with E-state index < -0.39 is 18.2 Å². The Hall–Kier alpha value is -1.90. The van der Waals surface area contributed by atoms with E-state index in [0.29, 0.717) is 0 Å². The number of carbonyl (C=O) groups is 2. The fourth-order valence-electron chi connectivity index (χ4n) is 0.310. The minimum absolute atomic E-state index is 0.704. The number of hydrogen-bond acceptors (Lipinski definition) is 4. The van der Waals surface area contributed by atoms with E-state index in [0.717, 1.165) is 12.2 Å². The van der Waals surface area contributed by atoms with Crippen molar-refractivity contribution in [3.8, 4) is 0 Å².